The molecule has 5 rings (SSSR count). The van der Waals surface area contributed by atoms with Gasteiger partial charge in [-0.25, -0.2) is 9.79 Å². The summed E-state index contributed by atoms with van der Waals surface area (Å²) in [5.41, 5.74) is 13.0. The Morgan fingerprint density at radius 2 is 1.92 bits per heavy atom. The highest BCUT2D eigenvalue weighted by Gasteiger charge is 2.80. The highest BCUT2D eigenvalue weighted by molar-refractivity contribution is 5.79. The molecule has 5 atom stereocenters. The van der Waals surface area contributed by atoms with Gasteiger partial charge in [0, 0.05) is 12.1 Å². The lowest BCUT2D eigenvalue weighted by molar-refractivity contribution is -0.201. The van der Waals surface area contributed by atoms with Crippen LogP contribution in [-0.4, -0.2) is 17.5 Å². The van der Waals surface area contributed by atoms with Crippen LogP contribution in [0.3, 0.4) is 0 Å². The second kappa shape index (κ2) is 4.90. The quantitative estimate of drug-likeness (QED) is 0.498. The standard InChI is InChI=1S/C19H25N5O/c20-16(21)23-15-3-1-11(2-4-15)10-22-17(25)24-18-7-12-5-13-6-14(9-18)19(13,18)8-12/h1-4,12-14H,5-10H2,(H4,20,21,23)(H2,22,24,25). The fraction of sp³-hybridized carbons (Fsp3) is 0.579. The Morgan fingerprint density at radius 3 is 2.60 bits per heavy atom. The number of carbonyl (C=O) groups is 1. The van der Waals surface area contributed by atoms with E-state index in [9.17, 15) is 4.79 Å². The predicted molar refractivity (Wildman–Crippen MR) is 96.0 cm³/mol. The van der Waals surface area contributed by atoms with Crippen LogP contribution in [0.25, 0.3) is 0 Å². The summed E-state index contributed by atoms with van der Waals surface area (Å²) in [6.07, 6.45) is 6.56. The zero-order valence-electron chi connectivity index (χ0n) is 14.3. The van der Waals surface area contributed by atoms with Gasteiger partial charge < -0.3 is 22.1 Å². The van der Waals surface area contributed by atoms with E-state index in [4.69, 9.17) is 11.5 Å². The number of hydrogen-bond acceptors (Lipinski definition) is 2. The molecule has 4 fully saturated rings. The van der Waals surface area contributed by atoms with Crippen LogP contribution in [0, 0.1) is 23.2 Å². The Balaban J connectivity index is 1.19. The van der Waals surface area contributed by atoms with Crippen LogP contribution in [0.15, 0.2) is 29.3 Å². The third-order valence-corrected chi connectivity index (χ3v) is 7.39. The first-order valence-electron chi connectivity index (χ1n) is 9.25. The zero-order chi connectivity index (χ0) is 17.2. The smallest absolute Gasteiger partial charge is 0.315 e. The fourth-order valence-electron chi connectivity index (χ4n) is 6.68. The number of aliphatic imine (C=N–C) groups is 1. The van der Waals surface area contributed by atoms with Crippen LogP contribution >= 0.6 is 0 Å². The number of urea groups is 1. The largest absolute Gasteiger partial charge is 0.370 e. The lowest BCUT2D eigenvalue weighted by Gasteiger charge is -2.72. The molecule has 0 aromatic heterocycles. The number of nitrogens with zero attached hydrogens (tertiary/aromatic N) is 1. The maximum Gasteiger partial charge on any atom is 0.315 e. The maximum atomic E-state index is 12.5. The van der Waals surface area contributed by atoms with Gasteiger partial charge in [0.2, 0.25) is 0 Å². The first-order valence-corrected chi connectivity index (χ1v) is 9.25. The summed E-state index contributed by atoms with van der Waals surface area (Å²) >= 11 is 0. The third kappa shape index (κ3) is 1.96. The van der Waals surface area contributed by atoms with Crippen molar-refractivity contribution >= 4 is 17.7 Å². The van der Waals surface area contributed by atoms with Crippen LogP contribution in [-0.2, 0) is 6.54 Å². The van der Waals surface area contributed by atoms with Crippen LogP contribution < -0.4 is 22.1 Å². The van der Waals surface area contributed by atoms with Crippen molar-refractivity contribution in [2.45, 2.75) is 44.2 Å². The molecule has 6 nitrogen and oxygen atoms in total. The van der Waals surface area contributed by atoms with Crippen molar-refractivity contribution in [3.05, 3.63) is 29.8 Å². The van der Waals surface area contributed by atoms with Crippen molar-refractivity contribution in [1.82, 2.24) is 10.6 Å². The number of carbonyl (C=O) groups excluding carboxylic acids is 1. The third-order valence-electron chi connectivity index (χ3n) is 7.39. The summed E-state index contributed by atoms with van der Waals surface area (Å²) in [4.78, 5) is 16.5. The van der Waals surface area contributed by atoms with Crippen molar-refractivity contribution < 1.29 is 4.79 Å². The van der Waals surface area contributed by atoms with E-state index < -0.39 is 0 Å². The summed E-state index contributed by atoms with van der Waals surface area (Å²) < 4.78 is 0. The first kappa shape index (κ1) is 15.0. The molecule has 25 heavy (non-hydrogen) atoms. The number of fused-ring (bicyclic) bond motifs is 1. The number of benzene rings is 1. The van der Waals surface area contributed by atoms with Crippen LogP contribution in [0.4, 0.5) is 10.5 Å². The van der Waals surface area contributed by atoms with E-state index in [2.05, 4.69) is 15.6 Å². The van der Waals surface area contributed by atoms with Crippen molar-refractivity contribution in [2.75, 3.05) is 0 Å². The monoisotopic (exact) mass is 339 g/mol. The SMILES string of the molecule is NC(N)=Nc1ccc(CNC(=O)NC23CC4CC5CC(C2)C53C4)cc1. The van der Waals surface area contributed by atoms with Crippen LogP contribution in [0.5, 0.6) is 0 Å². The molecule has 1 spiro atoms. The number of nitrogens with one attached hydrogen (secondary N) is 2. The van der Waals surface area contributed by atoms with Gasteiger partial charge in [-0.05, 0) is 73.0 Å². The minimum Gasteiger partial charge on any atom is -0.370 e. The van der Waals surface area contributed by atoms with E-state index in [-0.39, 0.29) is 17.5 Å². The molecule has 4 aliphatic carbocycles. The molecule has 6 heteroatoms. The number of guanidine groups is 1. The van der Waals surface area contributed by atoms with Gasteiger partial charge in [-0.2, -0.15) is 0 Å². The fourth-order valence-corrected chi connectivity index (χ4v) is 6.68. The summed E-state index contributed by atoms with van der Waals surface area (Å²) in [5, 5.41) is 6.39. The van der Waals surface area contributed by atoms with E-state index in [1.807, 2.05) is 24.3 Å². The molecule has 5 unspecified atom stereocenters. The first-order chi connectivity index (χ1) is 12.0. The molecule has 1 aromatic rings. The molecule has 2 amide bonds. The molecular formula is C19H25N5O. The summed E-state index contributed by atoms with van der Waals surface area (Å²) in [6, 6.07) is 7.52. The average Bonchev–Trinajstić information content (AvgIpc) is 3.02. The molecule has 0 aliphatic heterocycles. The van der Waals surface area contributed by atoms with Crippen molar-refractivity contribution in [2.24, 2.45) is 39.6 Å². The molecule has 4 saturated carbocycles. The molecule has 0 radical (unpaired) electrons. The maximum absolute atomic E-state index is 12.5. The number of amides is 2. The Morgan fingerprint density at radius 1 is 1.12 bits per heavy atom. The lowest BCUT2D eigenvalue weighted by Crippen LogP contribution is -2.77. The predicted octanol–water partition coefficient (Wildman–Crippen LogP) is 1.97. The molecule has 0 heterocycles. The Labute approximate surface area is 147 Å². The molecule has 2 bridgehead atoms. The normalized spacial score (nSPS) is 39.0. The van der Waals surface area contributed by atoms with Gasteiger partial charge in [0.1, 0.15) is 0 Å². The number of nitrogens with two attached hydrogens (primary N) is 2. The Bertz CT molecular complexity index is 756. The van der Waals surface area contributed by atoms with E-state index in [0.717, 1.165) is 23.3 Å². The summed E-state index contributed by atoms with van der Waals surface area (Å²) in [5.74, 6) is 2.66. The van der Waals surface area contributed by atoms with Gasteiger partial charge in [-0.1, -0.05) is 12.1 Å². The molecule has 6 N–H and O–H groups in total. The van der Waals surface area contributed by atoms with E-state index in [1.54, 1.807) is 0 Å². The van der Waals surface area contributed by atoms with Gasteiger partial charge in [-0.15, -0.1) is 0 Å². The zero-order valence-corrected chi connectivity index (χ0v) is 14.3. The molecule has 4 aliphatic rings. The second-order valence-corrected chi connectivity index (χ2v) is 8.48. The van der Waals surface area contributed by atoms with E-state index >= 15 is 0 Å². The molecule has 132 valence electrons. The Hall–Kier alpha value is -2.24. The second-order valence-electron chi connectivity index (χ2n) is 8.48. The minimum absolute atomic E-state index is 0.0284. The van der Waals surface area contributed by atoms with Crippen LogP contribution in [0.1, 0.15) is 37.7 Å². The molecular weight excluding hydrogens is 314 g/mol. The molecule has 1 aromatic carbocycles. The molecule has 0 saturated heterocycles. The van der Waals surface area contributed by atoms with Gasteiger partial charge >= 0.3 is 6.03 Å². The number of rotatable bonds is 4. The van der Waals surface area contributed by atoms with Gasteiger partial charge in [-0.3, -0.25) is 0 Å². The highest BCUT2D eigenvalue weighted by Crippen LogP contribution is 2.82. The van der Waals surface area contributed by atoms with Crippen molar-refractivity contribution in [1.29, 1.82) is 0 Å². The highest BCUT2D eigenvalue weighted by atomic mass is 16.2. The number of hydrogen-bond donors (Lipinski definition) is 4. The topological polar surface area (TPSA) is 106 Å². The Kier molecular flexibility index (Phi) is 2.95. The van der Waals surface area contributed by atoms with Crippen molar-refractivity contribution in [3.8, 4) is 0 Å². The van der Waals surface area contributed by atoms with Crippen molar-refractivity contribution in [3.63, 3.8) is 0 Å². The average molecular weight is 339 g/mol. The van der Waals surface area contributed by atoms with E-state index in [1.165, 1.54) is 32.1 Å². The summed E-state index contributed by atoms with van der Waals surface area (Å²) in [7, 11) is 0. The van der Waals surface area contributed by atoms with Gasteiger partial charge in [0.15, 0.2) is 5.96 Å². The summed E-state index contributed by atoms with van der Waals surface area (Å²) in [6.45, 7) is 0.507. The minimum atomic E-state index is -0.0284. The lowest BCUT2D eigenvalue weighted by atomic mass is 9.35. The van der Waals surface area contributed by atoms with Gasteiger partial charge in [0.25, 0.3) is 0 Å². The van der Waals surface area contributed by atoms with Gasteiger partial charge in [0.05, 0.1) is 5.69 Å². The van der Waals surface area contributed by atoms with Crippen LogP contribution in [0.2, 0.25) is 0 Å². The van der Waals surface area contributed by atoms with E-state index in [0.29, 0.717) is 17.6 Å².